The molecule has 7 nitrogen and oxygen atoms in total. The monoisotopic (exact) mass is 422 g/mol. The number of methoxy groups -OCH3 is 1. The van der Waals surface area contributed by atoms with Crippen LogP contribution >= 0.6 is 0 Å². The highest BCUT2D eigenvalue weighted by molar-refractivity contribution is 5.72. The molecule has 0 aliphatic carbocycles. The number of hydrogen-bond donors (Lipinski definition) is 0. The van der Waals surface area contributed by atoms with Crippen LogP contribution in [-0.4, -0.2) is 25.7 Å². The highest BCUT2D eigenvalue weighted by Crippen LogP contribution is 2.36. The van der Waals surface area contributed by atoms with E-state index in [-0.39, 0.29) is 12.4 Å². The minimum absolute atomic E-state index is 0.182. The normalized spacial score (nSPS) is 13.7. The summed E-state index contributed by atoms with van der Waals surface area (Å²) in [5, 5.41) is 0. The summed E-state index contributed by atoms with van der Waals surface area (Å²) in [6.45, 7) is 1.87. The number of ether oxygens (including phenoxy) is 5. The van der Waals surface area contributed by atoms with Crippen LogP contribution in [-0.2, 0) is 27.2 Å². The number of allylic oxidation sites excluding steroid dienone is 1. The molecule has 2 aromatic carbocycles. The van der Waals surface area contributed by atoms with Crippen LogP contribution in [0, 0.1) is 0 Å². The maximum absolute atomic E-state index is 12.3. The first-order chi connectivity index (χ1) is 15.0. The molecule has 7 heteroatoms. The quantitative estimate of drug-likeness (QED) is 0.515. The van der Waals surface area contributed by atoms with E-state index in [0.29, 0.717) is 42.5 Å². The Kier molecular flexibility index (Phi) is 5.93. The van der Waals surface area contributed by atoms with Crippen molar-refractivity contribution in [2.45, 2.75) is 26.2 Å². The molecule has 0 atom stereocenters. The number of carbonyl (C=O) groups excluding carboxylic acids is 2. The number of carbonyl (C=O) groups is 2. The van der Waals surface area contributed by atoms with E-state index < -0.39 is 5.97 Å². The van der Waals surface area contributed by atoms with Crippen LogP contribution in [0.15, 0.2) is 48.4 Å². The van der Waals surface area contributed by atoms with E-state index >= 15 is 0 Å². The first-order valence-corrected chi connectivity index (χ1v) is 9.90. The van der Waals surface area contributed by atoms with Gasteiger partial charge in [0.1, 0.15) is 30.1 Å². The van der Waals surface area contributed by atoms with Gasteiger partial charge in [-0.2, -0.15) is 0 Å². The summed E-state index contributed by atoms with van der Waals surface area (Å²) in [7, 11) is 1.49. The second-order valence-corrected chi connectivity index (χ2v) is 7.14. The Bertz CT molecular complexity index is 1080. The van der Waals surface area contributed by atoms with Crippen LogP contribution in [0.5, 0.6) is 23.0 Å². The lowest BCUT2D eigenvalue weighted by Crippen LogP contribution is -2.12. The van der Waals surface area contributed by atoms with Crippen LogP contribution in [0.1, 0.15) is 30.0 Å². The maximum atomic E-state index is 12.3. The lowest BCUT2D eigenvalue weighted by Gasteiger charge is -2.20. The SMILES string of the molecule is COc1cc(CCC(=O)OC2=COc3cc4c(cc3C2)C=CCO4)ccc1OC(C)=O. The minimum atomic E-state index is -0.428. The van der Waals surface area contributed by atoms with Gasteiger partial charge in [-0.05, 0) is 36.3 Å². The Morgan fingerprint density at radius 1 is 1.06 bits per heavy atom. The molecule has 31 heavy (non-hydrogen) atoms. The zero-order chi connectivity index (χ0) is 21.8. The van der Waals surface area contributed by atoms with Crippen LogP contribution in [0.25, 0.3) is 6.08 Å². The molecule has 0 N–H and O–H groups in total. The topological polar surface area (TPSA) is 80.3 Å². The number of aryl methyl sites for hydroxylation is 1. The smallest absolute Gasteiger partial charge is 0.311 e. The van der Waals surface area contributed by atoms with Crippen molar-refractivity contribution >= 4 is 18.0 Å². The van der Waals surface area contributed by atoms with Gasteiger partial charge in [0.2, 0.25) is 0 Å². The van der Waals surface area contributed by atoms with E-state index in [4.69, 9.17) is 23.7 Å². The van der Waals surface area contributed by atoms with E-state index in [9.17, 15) is 9.59 Å². The molecular weight excluding hydrogens is 400 g/mol. The summed E-state index contributed by atoms with van der Waals surface area (Å²) in [5.41, 5.74) is 2.78. The number of hydrogen-bond acceptors (Lipinski definition) is 7. The van der Waals surface area contributed by atoms with Gasteiger partial charge in [0.05, 0.1) is 7.11 Å². The Balaban J connectivity index is 1.34. The third-order valence-electron chi connectivity index (χ3n) is 4.85. The van der Waals surface area contributed by atoms with Crippen LogP contribution < -0.4 is 18.9 Å². The van der Waals surface area contributed by atoms with E-state index in [1.807, 2.05) is 24.3 Å². The Morgan fingerprint density at radius 2 is 1.94 bits per heavy atom. The molecule has 0 spiro atoms. The summed E-state index contributed by atoms with van der Waals surface area (Å²) in [6.07, 6.45) is 6.51. The second-order valence-electron chi connectivity index (χ2n) is 7.14. The predicted molar refractivity (Wildman–Crippen MR) is 112 cm³/mol. The molecule has 0 unspecified atom stereocenters. The fourth-order valence-electron chi connectivity index (χ4n) is 3.41. The summed E-state index contributed by atoms with van der Waals surface area (Å²) < 4.78 is 27.1. The van der Waals surface area contributed by atoms with Gasteiger partial charge in [-0.1, -0.05) is 12.1 Å². The van der Waals surface area contributed by atoms with Gasteiger partial charge >= 0.3 is 11.9 Å². The summed E-state index contributed by atoms with van der Waals surface area (Å²) >= 11 is 0. The molecular formula is C24H22O7. The summed E-state index contributed by atoms with van der Waals surface area (Å²) in [6, 6.07) is 9.01. The fraction of sp³-hybridized carbons (Fsp3) is 0.250. The van der Waals surface area contributed by atoms with Crippen molar-refractivity contribution in [1.82, 2.24) is 0 Å². The zero-order valence-corrected chi connectivity index (χ0v) is 17.3. The van der Waals surface area contributed by atoms with Crippen molar-refractivity contribution in [3.8, 4) is 23.0 Å². The van der Waals surface area contributed by atoms with Crippen LogP contribution in [0.4, 0.5) is 0 Å². The zero-order valence-electron chi connectivity index (χ0n) is 17.3. The highest BCUT2D eigenvalue weighted by Gasteiger charge is 2.20. The summed E-state index contributed by atoms with van der Waals surface area (Å²) in [4.78, 5) is 23.5. The molecule has 0 aromatic heterocycles. The van der Waals surface area contributed by atoms with E-state index in [1.54, 1.807) is 18.2 Å². The standard InChI is InChI=1S/C24H22O7/c1-15(25)30-20-7-5-16(10-23(20)27-2)6-8-24(26)31-19-12-18-11-17-4-3-9-28-21(17)13-22(18)29-14-19/h3-5,7,10-11,13-14H,6,8-9,12H2,1-2H3. The molecule has 0 bridgehead atoms. The number of fused-ring (bicyclic) bond motifs is 2. The third kappa shape index (κ3) is 4.88. The number of benzene rings is 2. The van der Waals surface area contributed by atoms with Crippen molar-refractivity contribution in [3.63, 3.8) is 0 Å². The van der Waals surface area contributed by atoms with Crippen LogP contribution in [0.3, 0.4) is 0 Å². The molecule has 0 amide bonds. The second kappa shape index (κ2) is 8.95. The Hall–Kier alpha value is -3.74. The molecule has 4 rings (SSSR count). The molecule has 2 aliphatic rings. The van der Waals surface area contributed by atoms with Crippen molar-refractivity contribution in [3.05, 3.63) is 65.1 Å². The highest BCUT2D eigenvalue weighted by atomic mass is 16.6. The molecule has 0 saturated carbocycles. The van der Waals surface area contributed by atoms with Crippen molar-refractivity contribution in [1.29, 1.82) is 0 Å². The number of rotatable bonds is 6. The van der Waals surface area contributed by atoms with E-state index in [0.717, 1.165) is 22.4 Å². The minimum Gasteiger partial charge on any atom is -0.493 e. The first kappa shape index (κ1) is 20.5. The van der Waals surface area contributed by atoms with E-state index in [2.05, 4.69) is 0 Å². The fourth-order valence-corrected chi connectivity index (χ4v) is 3.41. The molecule has 2 aromatic rings. The molecule has 0 radical (unpaired) electrons. The van der Waals surface area contributed by atoms with E-state index in [1.165, 1.54) is 20.3 Å². The Morgan fingerprint density at radius 3 is 2.74 bits per heavy atom. The Labute approximate surface area is 179 Å². The van der Waals surface area contributed by atoms with Gasteiger partial charge < -0.3 is 23.7 Å². The van der Waals surface area contributed by atoms with Crippen LogP contribution in [0.2, 0.25) is 0 Å². The lowest BCUT2D eigenvalue weighted by atomic mass is 10.0. The summed E-state index contributed by atoms with van der Waals surface area (Å²) in [5.74, 6) is 1.93. The van der Waals surface area contributed by atoms with Gasteiger partial charge in [-0.25, -0.2) is 0 Å². The maximum Gasteiger partial charge on any atom is 0.311 e. The van der Waals surface area contributed by atoms with Gasteiger partial charge in [0.15, 0.2) is 11.5 Å². The van der Waals surface area contributed by atoms with Crippen molar-refractivity contribution in [2.24, 2.45) is 0 Å². The van der Waals surface area contributed by atoms with Crippen molar-refractivity contribution < 1.29 is 33.3 Å². The third-order valence-corrected chi connectivity index (χ3v) is 4.85. The largest absolute Gasteiger partial charge is 0.493 e. The van der Waals surface area contributed by atoms with Gasteiger partial charge in [0, 0.05) is 37.0 Å². The lowest BCUT2D eigenvalue weighted by molar-refractivity contribution is -0.139. The van der Waals surface area contributed by atoms with Gasteiger partial charge in [-0.15, -0.1) is 0 Å². The molecule has 2 heterocycles. The molecule has 2 aliphatic heterocycles. The predicted octanol–water partition coefficient (Wildman–Crippen LogP) is 3.98. The average molecular weight is 422 g/mol. The molecule has 0 saturated heterocycles. The van der Waals surface area contributed by atoms with Gasteiger partial charge in [-0.3, -0.25) is 9.59 Å². The average Bonchev–Trinajstić information content (AvgIpc) is 2.76. The molecule has 0 fully saturated rings. The molecule has 160 valence electrons. The van der Waals surface area contributed by atoms with Gasteiger partial charge in [0.25, 0.3) is 0 Å². The van der Waals surface area contributed by atoms with Crippen molar-refractivity contribution in [2.75, 3.05) is 13.7 Å². The first-order valence-electron chi connectivity index (χ1n) is 9.90. The number of esters is 2.